The van der Waals surface area contributed by atoms with E-state index >= 15 is 0 Å². The standard InChI is InChI=1S/C12H16N2O2/c1-7-4-8(7)6-14-11-5-9(13)2-3-10(11)12(15)16/h2-3,5,7-8,14H,4,6,13H2,1H3,(H,15,16). The molecule has 1 aromatic rings. The van der Waals surface area contributed by atoms with E-state index in [-0.39, 0.29) is 5.56 Å². The van der Waals surface area contributed by atoms with Crippen LogP contribution in [-0.4, -0.2) is 17.6 Å². The van der Waals surface area contributed by atoms with Crippen molar-refractivity contribution in [3.63, 3.8) is 0 Å². The Balaban J connectivity index is 2.10. The second-order valence-electron chi connectivity index (χ2n) is 4.46. The molecule has 16 heavy (non-hydrogen) atoms. The van der Waals surface area contributed by atoms with Crippen LogP contribution in [0.15, 0.2) is 18.2 Å². The van der Waals surface area contributed by atoms with Gasteiger partial charge in [-0.2, -0.15) is 0 Å². The summed E-state index contributed by atoms with van der Waals surface area (Å²) in [6.45, 7) is 3.02. The summed E-state index contributed by atoms with van der Waals surface area (Å²) in [6.07, 6.45) is 1.22. The molecule has 2 atom stereocenters. The Bertz CT molecular complexity index is 417. The normalized spacial score (nSPS) is 22.8. The van der Waals surface area contributed by atoms with Gasteiger partial charge in [-0.3, -0.25) is 0 Å². The van der Waals surface area contributed by atoms with Gasteiger partial charge in [0.05, 0.1) is 11.3 Å². The van der Waals surface area contributed by atoms with Gasteiger partial charge in [-0.15, -0.1) is 0 Å². The van der Waals surface area contributed by atoms with Crippen molar-refractivity contribution in [1.29, 1.82) is 0 Å². The maximum atomic E-state index is 11.0. The van der Waals surface area contributed by atoms with Gasteiger partial charge >= 0.3 is 5.97 Å². The molecule has 2 rings (SSSR count). The first-order valence-corrected chi connectivity index (χ1v) is 5.44. The monoisotopic (exact) mass is 220 g/mol. The molecule has 1 fully saturated rings. The van der Waals surface area contributed by atoms with Gasteiger partial charge in [0.15, 0.2) is 0 Å². The van der Waals surface area contributed by atoms with Crippen LogP contribution in [0.1, 0.15) is 23.7 Å². The number of carboxylic acids is 1. The zero-order valence-electron chi connectivity index (χ0n) is 9.23. The van der Waals surface area contributed by atoms with E-state index in [1.807, 2.05) is 0 Å². The molecule has 0 aliphatic heterocycles. The van der Waals surface area contributed by atoms with Gasteiger partial charge < -0.3 is 16.2 Å². The van der Waals surface area contributed by atoms with Crippen LogP contribution in [0.25, 0.3) is 0 Å². The SMILES string of the molecule is CC1CC1CNc1cc(N)ccc1C(=O)O. The maximum absolute atomic E-state index is 11.0. The predicted molar refractivity (Wildman–Crippen MR) is 63.6 cm³/mol. The number of aromatic carboxylic acids is 1. The molecule has 0 radical (unpaired) electrons. The molecular formula is C12H16N2O2. The lowest BCUT2D eigenvalue weighted by Crippen LogP contribution is -2.09. The summed E-state index contributed by atoms with van der Waals surface area (Å²) in [6, 6.07) is 4.82. The Morgan fingerprint density at radius 1 is 1.62 bits per heavy atom. The first-order valence-electron chi connectivity index (χ1n) is 5.44. The summed E-state index contributed by atoms with van der Waals surface area (Å²) < 4.78 is 0. The molecule has 1 aliphatic rings. The molecule has 86 valence electrons. The molecule has 1 saturated carbocycles. The highest BCUT2D eigenvalue weighted by atomic mass is 16.4. The number of carbonyl (C=O) groups is 1. The van der Waals surface area contributed by atoms with Crippen LogP contribution in [-0.2, 0) is 0 Å². The maximum Gasteiger partial charge on any atom is 0.337 e. The highest BCUT2D eigenvalue weighted by Gasteiger charge is 2.32. The number of nitrogens with one attached hydrogen (secondary N) is 1. The molecule has 4 nitrogen and oxygen atoms in total. The van der Waals surface area contributed by atoms with Crippen LogP contribution < -0.4 is 11.1 Å². The van der Waals surface area contributed by atoms with Gasteiger partial charge in [0.1, 0.15) is 0 Å². The van der Waals surface area contributed by atoms with E-state index < -0.39 is 5.97 Å². The van der Waals surface area contributed by atoms with Gasteiger partial charge in [-0.1, -0.05) is 6.92 Å². The van der Waals surface area contributed by atoms with Crippen molar-refractivity contribution < 1.29 is 9.90 Å². The molecule has 4 heteroatoms. The number of benzene rings is 1. The smallest absolute Gasteiger partial charge is 0.337 e. The number of carboxylic acid groups (broad SMARTS) is 1. The third-order valence-corrected chi connectivity index (χ3v) is 3.10. The van der Waals surface area contributed by atoms with E-state index in [9.17, 15) is 4.79 Å². The molecule has 0 bridgehead atoms. The van der Waals surface area contributed by atoms with Crippen LogP contribution >= 0.6 is 0 Å². The largest absolute Gasteiger partial charge is 0.478 e. The second-order valence-corrected chi connectivity index (χ2v) is 4.46. The summed E-state index contributed by atoms with van der Waals surface area (Å²) in [7, 11) is 0. The van der Waals surface area contributed by atoms with E-state index in [2.05, 4.69) is 12.2 Å². The van der Waals surface area contributed by atoms with Crippen LogP contribution in [0.5, 0.6) is 0 Å². The van der Waals surface area contributed by atoms with Crippen LogP contribution in [0.4, 0.5) is 11.4 Å². The van der Waals surface area contributed by atoms with Gasteiger partial charge in [0.2, 0.25) is 0 Å². The Morgan fingerprint density at radius 2 is 2.31 bits per heavy atom. The van der Waals surface area contributed by atoms with E-state index in [0.717, 1.165) is 12.5 Å². The summed E-state index contributed by atoms with van der Waals surface area (Å²) in [5.41, 5.74) is 7.12. The molecule has 0 amide bonds. The van der Waals surface area contributed by atoms with E-state index in [1.54, 1.807) is 12.1 Å². The third kappa shape index (κ3) is 2.27. The number of anilines is 2. The Kier molecular flexibility index (Phi) is 2.73. The fourth-order valence-electron chi connectivity index (χ4n) is 1.82. The average Bonchev–Trinajstić information content (AvgIpc) is 2.91. The molecular weight excluding hydrogens is 204 g/mol. The number of nitrogens with two attached hydrogens (primary N) is 1. The first-order chi connectivity index (χ1) is 7.58. The molecule has 0 aromatic heterocycles. The van der Waals surface area contributed by atoms with Crippen molar-refractivity contribution in [2.45, 2.75) is 13.3 Å². The van der Waals surface area contributed by atoms with E-state index in [4.69, 9.17) is 10.8 Å². The molecule has 1 aromatic carbocycles. The Morgan fingerprint density at radius 3 is 2.88 bits per heavy atom. The number of hydrogen-bond acceptors (Lipinski definition) is 3. The highest BCUT2D eigenvalue weighted by Crippen LogP contribution is 2.37. The summed E-state index contributed by atoms with van der Waals surface area (Å²) >= 11 is 0. The minimum atomic E-state index is -0.925. The molecule has 0 saturated heterocycles. The fraction of sp³-hybridized carbons (Fsp3) is 0.417. The van der Waals surface area contributed by atoms with Crippen molar-refractivity contribution in [3.8, 4) is 0 Å². The number of rotatable bonds is 4. The molecule has 0 heterocycles. The highest BCUT2D eigenvalue weighted by molar-refractivity contribution is 5.95. The topological polar surface area (TPSA) is 75.3 Å². The molecule has 0 spiro atoms. The quantitative estimate of drug-likeness (QED) is 0.679. The fourth-order valence-corrected chi connectivity index (χ4v) is 1.82. The summed E-state index contributed by atoms with van der Waals surface area (Å²) in [5.74, 6) is 0.497. The first kappa shape index (κ1) is 10.8. The molecule has 2 unspecified atom stereocenters. The van der Waals surface area contributed by atoms with Crippen molar-refractivity contribution in [3.05, 3.63) is 23.8 Å². The number of nitrogen functional groups attached to an aromatic ring is 1. The van der Waals surface area contributed by atoms with Crippen molar-refractivity contribution in [2.24, 2.45) is 11.8 Å². The Hall–Kier alpha value is -1.71. The Labute approximate surface area is 94.5 Å². The minimum Gasteiger partial charge on any atom is -0.478 e. The van der Waals surface area contributed by atoms with Gasteiger partial charge in [-0.05, 0) is 36.5 Å². The third-order valence-electron chi connectivity index (χ3n) is 3.10. The van der Waals surface area contributed by atoms with Crippen molar-refractivity contribution in [2.75, 3.05) is 17.6 Å². The summed E-state index contributed by atoms with van der Waals surface area (Å²) in [5, 5.41) is 12.2. The van der Waals surface area contributed by atoms with Crippen LogP contribution in [0.2, 0.25) is 0 Å². The molecule has 4 N–H and O–H groups in total. The van der Waals surface area contributed by atoms with Crippen molar-refractivity contribution >= 4 is 17.3 Å². The van der Waals surface area contributed by atoms with E-state index in [0.29, 0.717) is 17.3 Å². The average molecular weight is 220 g/mol. The van der Waals surface area contributed by atoms with Gasteiger partial charge in [0.25, 0.3) is 0 Å². The molecule has 1 aliphatic carbocycles. The lowest BCUT2D eigenvalue weighted by Gasteiger charge is -2.09. The van der Waals surface area contributed by atoms with Gasteiger partial charge in [0, 0.05) is 12.2 Å². The number of hydrogen-bond donors (Lipinski definition) is 3. The van der Waals surface area contributed by atoms with E-state index in [1.165, 1.54) is 12.5 Å². The predicted octanol–water partition coefficient (Wildman–Crippen LogP) is 2.03. The second kappa shape index (κ2) is 4.04. The summed E-state index contributed by atoms with van der Waals surface area (Å²) in [4.78, 5) is 11.0. The zero-order valence-corrected chi connectivity index (χ0v) is 9.23. The zero-order chi connectivity index (χ0) is 11.7. The van der Waals surface area contributed by atoms with Gasteiger partial charge in [-0.25, -0.2) is 4.79 Å². The lowest BCUT2D eigenvalue weighted by atomic mass is 10.1. The minimum absolute atomic E-state index is 0.280. The van der Waals surface area contributed by atoms with Crippen molar-refractivity contribution in [1.82, 2.24) is 0 Å². The van der Waals surface area contributed by atoms with Crippen LogP contribution in [0.3, 0.4) is 0 Å². The van der Waals surface area contributed by atoms with Crippen LogP contribution in [0, 0.1) is 11.8 Å². The lowest BCUT2D eigenvalue weighted by molar-refractivity contribution is 0.0698.